The van der Waals surface area contributed by atoms with E-state index in [1.165, 1.54) is 25.0 Å². The van der Waals surface area contributed by atoms with Crippen LogP contribution < -0.4 is 5.32 Å². The van der Waals surface area contributed by atoms with E-state index in [-0.39, 0.29) is 0 Å². The summed E-state index contributed by atoms with van der Waals surface area (Å²) >= 11 is 0. The van der Waals surface area contributed by atoms with Gasteiger partial charge in [0.15, 0.2) is 0 Å². The number of nitrogens with zero attached hydrogens (tertiary/aromatic N) is 2. The molecular weight excluding hydrogens is 162 g/mol. The van der Waals surface area contributed by atoms with Gasteiger partial charge in [0.1, 0.15) is 0 Å². The highest BCUT2D eigenvalue weighted by atomic mass is 15.3. The van der Waals surface area contributed by atoms with Crippen LogP contribution in [0.2, 0.25) is 0 Å². The van der Waals surface area contributed by atoms with E-state index < -0.39 is 0 Å². The molecule has 0 unspecified atom stereocenters. The van der Waals surface area contributed by atoms with Crippen LogP contribution in [0.5, 0.6) is 0 Å². The van der Waals surface area contributed by atoms with E-state index >= 15 is 0 Å². The second kappa shape index (κ2) is 3.14. The Kier molecular flexibility index (Phi) is 2.12. The quantitative estimate of drug-likeness (QED) is 0.761. The van der Waals surface area contributed by atoms with E-state index in [0.29, 0.717) is 5.54 Å². The van der Waals surface area contributed by atoms with Crippen molar-refractivity contribution in [3.63, 3.8) is 0 Å². The zero-order valence-corrected chi connectivity index (χ0v) is 8.38. The predicted molar refractivity (Wildman–Crippen MR) is 52.3 cm³/mol. The molecule has 3 heteroatoms. The van der Waals surface area contributed by atoms with Crippen molar-refractivity contribution in [2.45, 2.75) is 38.3 Å². The lowest BCUT2D eigenvalue weighted by molar-refractivity contribution is 0.205. The Morgan fingerprint density at radius 3 is 2.85 bits per heavy atom. The first-order valence-electron chi connectivity index (χ1n) is 4.92. The summed E-state index contributed by atoms with van der Waals surface area (Å²) in [7, 11) is 1.99. The summed E-state index contributed by atoms with van der Waals surface area (Å²) in [6.07, 6.45) is 5.84. The molecule has 0 aromatic carbocycles. The lowest BCUT2D eigenvalue weighted by Gasteiger charge is -2.39. The Morgan fingerprint density at radius 1 is 1.62 bits per heavy atom. The molecule has 0 atom stereocenters. The summed E-state index contributed by atoms with van der Waals surface area (Å²) in [5.41, 5.74) is 1.65. The van der Waals surface area contributed by atoms with Gasteiger partial charge in [-0.15, -0.1) is 0 Å². The molecule has 13 heavy (non-hydrogen) atoms. The topological polar surface area (TPSA) is 29.9 Å². The van der Waals surface area contributed by atoms with Gasteiger partial charge in [0.25, 0.3) is 0 Å². The number of nitrogens with one attached hydrogen (secondary N) is 1. The van der Waals surface area contributed by atoms with Gasteiger partial charge in [0.05, 0.1) is 5.69 Å². The smallest absolute Gasteiger partial charge is 0.0518 e. The van der Waals surface area contributed by atoms with E-state index in [0.717, 1.165) is 6.54 Å². The van der Waals surface area contributed by atoms with Crippen LogP contribution in [-0.2, 0) is 13.6 Å². The second-order valence-electron chi connectivity index (χ2n) is 4.21. The minimum atomic E-state index is 0.393. The summed E-state index contributed by atoms with van der Waals surface area (Å²) in [6.45, 7) is 3.24. The Morgan fingerprint density at radius 2 is 2.38 bits per heavy atom. The molecule has 1 aromatic rings. The monoisotopic (exact) mass is 179 g/mol. The van der Waals surface area contributed by atoms with E-state index in [1.54, 1.807) is 0 Å². The molecule has 0 spiro atoms. The fraction of sp³-hybridized carbons (Fsp3) is 0.700. The molecule has 1 saturated carbocycles. The van der Waals surface area contributed by atoms with E-state index in [4.69, 9.17) is 0 Å². The summed E-state index contributed by atoms with van der Waals surface area (Å²) in [5.74, 6) is 0. The highest BCUT2D eigenvalue weighted by molar-refractivity contribution is 5.02. The third-order valence-corrected chi connectivity index (χ3v) is 3.08. The highest BCUT2D eigenvalue weighted by Gasteiger charge is 2.30. The molecule has 1 aliphatic carbocycles. The van der Waals surface area contributed by atoms with E-state index in [2.05, 4.69) is 23.4 Å². The summed E-state index contributed by atoms with van der Waals surface area (Å²) < 4.78 is 1.93. The zero-order valence-electron chi connectivity index (χ0n) is 8.38. The van der Waals surface area contributed by atoms with Crippen LogP contribution in [0.4, 0.5) is 0 Å². The molecular formula is C10H17N3. The molecule has 1 aromatic heterocycles. The average Bonchev–Trinajstić information content (AvgIpc) is 2.44. The number of hydrogen-bond donors (Lipinski definition) is 1. The summed E-state index contributed by atoms with van der Waals surface area (Å²) in [4.78, 5) is 0. The molecule has 1 N–H and O–H groups in total. The fourth-order valence-electron chi connectivity index (χ4n) is 1.76. The van der Waals surface area contributed by atoms with Gasteiger partial charge in [-0.25, -0.2) is 0 Å². The van der Waals surface area contributed by atoms with Gasteiger partial charge < -0.3 is 5.32 Å². The van der Waals surface area contributed by atoms with Crippen molar-refractivity contribution in [2.75, 3.05) is 0 Å². The zero-order chi connectivity index (χ0) is 9.31. The Labute approximate surface area is 79.1 Å². The number of aromatic nitrogens is 2. The van der Waals surface area contributed by atoms with Crippen LogP contribution in [0, 0.1) is 0 Å². The molecule has 0 radical (unpaired) electrons. The maximum absolute atomic E-state index is 4.14. The molecule has 3 nitrogen and oxygen atoms in total. The van der Waals surface area contributed by atoms with Crippen molar-refractivity contribution < 1.29 is 0 Å². The first kappa shape index (κ1) is 8.75. The molecule has 0 aliphatic heterocycles. The van der Waals surface area contributed by atoms with E-state index in [1.807, 2.05) is 17.9 Å². The Hall–Kier alpha value is -0.830. The molecule has 2 rings (SSSR count). The normalized spacial score (nSPS) is 19.8. The molecule has 72 valence electrons. The van der Waals surface area contributed by atoms with Gasteiger partial charge in [-0.2, -0.15) is 5.10 Å². The van der Waals surface area contributed by atoms with Gasteiger partial charge in [-0.3, -0.25) is 4.68 Å². The minimum absolute atomic E-state index is 0.393. The molecule has 1 aliphatic rings. The van der Waals surface area contributed by atoms with Gasteiger partial charge >= 0.3 is 0 Å². The van der Waals surface area contributed by atoms with Crippen LogP contribution in [0.3, 0.4) is 0 Å². The number of rotatable bonds is 3. The second-order valence-corrected chi connectivity index (χ2v) is 4.21. The maximum Gasteiger partial charge on any atom is 0.0518 e. The third-order valence-electron chi connectivity index (χ3n) is 3.08. The first-order valence-corrected chi connectivity index (χ1v) is 4.92. The van der Waals surface area contributed by atoms with Gasteiger partial charge in [-0.1, -0.05) is 0 Å². The van der Waals surface area contributed by atoms with Crippen LogP contribution in [0.1, 0.15) is 31.9 Å². The van der Waals surface area contributed by atoms with Crippen LogP contribution in [-0.4, -0.2) is 15.3 Å². The first-order chi connectivity index (χ1) is 6.20. The molecule has 1 heterocycles. The summed E-state index contributed by atoms with van der Waals surface area (Å²) in [5, 5.41) is 7.72. The molecule has 0 saturated heterocycles. The lowest BCUT2D eigenvalue weighted by Crippen LogP contribution is -2.47. The van der Waals surface area contributed by atoms with Crippen molar-refractivity contribution in [1.29, 1.82) is 0 Å². The Bertz CT molecular complexity index is 286. The van der Waals surface area contributed by atoms with Gasteiger partial charge in [0, 0.05) is 25.3 Å². The largest absolute Gasteiger partial charge is 0.306 e. The van der Waals surface area contributed by atoms with Crippen LogP contribution in [0.15, 0.2) is 12.3 Å². The Balaban J connectivity index is 1.89. The third kappa shape index (κ3) is 1.75. The van der Waals surface area contributed by atoms with Crippen molar-refractivity contribution >= 4 is 0 Å². The number of aryl methyl sites for hydroxylation is 1. The van der Waals surface area contributed by atoms with Gasteiger partial charge in [-0.05, 0) is 32.3 Å². The average molecular weight is 179 g/mol. The van der Waals surface area contributed by atoms with Crippen molar-refractivity contribution in [3.8, 4) is 0 Å². The van der Waals surface area contributed by atoms with Crippen molar-refractivity contribution in [2.24, 2.45) is 7.05 Å². The predicted octanol–water partition coefficient (Wildman–Crippen LogP) is 1.45. The van der Waals surface area contributed by atoms with Crippen molar-refractivity contribution in [3.05, 3.63) is 18.0 Å². The molecule has 1 fully saturated rings. The highest BCUT2D eigenvalue weighted by Crippen LogP contribution is 2.31. The molecule has 0 bridgehead atoms. The van der Waals surface area contributed by atoms with Crippen LogP contribution in [0.25, 0.3) is 0 Å². The maximum atomic E-state index is 4.14. The lowest BCUT2D eigenvalue weighted by atomic mass is 9.78. The number of hydrogen-bond acceptors (Lipinski definition) is 2. The van der Waals surface area contributed by atoms with E-state index in [9.17, 15) is 0 Å². The standard InChI is InChI=1S/C10H17N3/c1-10(5-3-6-10)11-8-9-4-7-12-13(9)2/h4,7,11H,3,5-6,8H2,1-2H3. The fourth-order valence-corrected chi connectivity index (χ4v) is 1.76. The minimum Gasteiger partial charge on any atom is -0.306 e. The summed E-state index contributed by atoms with van der Waals surface area (Å²) in [6, 6.07) is 2.06. The SMILES string of the molecule is Cn1nccc1CNC1(C)CCC1. The molecule has 0 amide bonds. The van der Waals surface area contributed by atoms with Crippen molar-refractivity contribution in [1.82, 2.24) is 15.1 Å². The van der Waals surface area contributed by atoms with Crippen LogP contribution >= 0.6 is 0 Å². The van der Waals surface area contributed by atoms with Gasteiger partial charge in [0.2, 0.25) is 0 Å².